The van der Waals surface area contributed by atoms with Crippen LogP contribution in [0.25, 0.3) is 0 Å². The van der Waals surface area contributed by atoms with E-state index in [1.54, 1.807) is 0 Å². The molecule has 100 valence electrons. The number of nitrogens with two attached hydrogens (primary N) is 1. The molecule has 2 rings (SSSR count). The molecule has 0 radical (unpaired) electrons. The van der Waals surface area contributed by atoms with Gasteiger partial charge in [0.15, 0.2) is 0 Å². The number of aliphatic hydroxyl groups is 1. The average molecular weight is 252 g/mol. The summed E-state index contributed by atoms with van der Waals surface area (Å²) in [5.41, 5.74) is 6.19. The highest BCUT2D eigenvalue weighted by Gasteiger charge is 2.33. The van der Waals surface area contributed by atoms with Gasteiger partial charge in [0.05, 0.1) is 18.3 Å². The lowest BCUT2D eigenvalue weighted by molar-refractivity contribution is -0.101. The molecule has 6 heteroatoms. The minimum Gasteiger partial charge on any atom is -0.394 e. The Bertz CT molecular complexity index is 416. The number of hydrogen-bond donors (Lipinski definition) is 2. The van der Waals surface area contributed by atoms with Crippen LogP contribution in [0.1, 0.15) is 19.5 Å². The van der Waals surface area contributed by atoms with Crippen molar-refractivity contribution in [3.05, 3.63) is 11.8 Å². The first-order valence-corrected chi connectivity index (χ1v) is 6.04. The maximum atomic E-state index is 9.29. The number of anilines is 2. The molecule has 0 saturated carbocycles. The maximum absolute atomic E-state index is 9.29. The fraction of sp³-hybridized carbons (Fsp3) is 0.667. The SMILES string of the molecule is Cc1cc(N2CC(CO)OC(C)(C)C2)nc(N)n1. The van der Waals surface area contributed by atoms with Crippen molar-refractivity contribution in [1.82, 2.24) is 9.97 Å². The van der Waals surface area contributed by atoms with Crippen LogP contribution >= 0.6 is 0 Å². The summed E-state index contributed by atoms with van der Waals surface area (Å²) in [7, 11) is 0. The van der Waals surface area contributed by atoms with Crippen molar-refractivity contribution in [2.45, 2.75) is 32.5 Å². The summed E-state index contributed by atoms with van der Waals surface area (Å²) in [5, 5.41) is 9.29. The molecular formula is C12H20N4O2. The monoisotopic (exact) mass is 252 g/mol. The van der Waals surface area contributed by atoms with Crippen LogP contribution in [0.3, 0.4) is 0 Å². The second-order valence-corrected chi connectivity index (χ2v) is 5.29. The van der Waals surface area contributed by atoms with Gasteiger partial charge in [-0.05, 0) is 20.8 Å². The van der Waals surface area contributed by atoms with Crippen LogP contribution in [0.5, 0.6) is 0 Å². The number of ether oxygens (including phenoxy) is 1. The first-order valence-electron chi connectivity index (χ1n) is 6.04. The molecule has 1 aliphatic rings. The Morgan fingerprint density at radius 2 is 2.28 bits per heavy atom. The Hall–Kier alpha value is -1.40. The summed E-state index contributed by atoms with van der Waals surface area (Å²) in [4.78, 5) is 10.4. The van der Waals surface area contributed by atoms with E-state index in [1.165, 1.54) is 0 Å². The van der Waals surface area contributed by atoms with E-state index < -0.39 is 0 Å². The van der Waals surface area contributed by atoms with Gasteiger partial charge in [-0.1, -0.05) is 0 Å². The molecule has 18 heavy (non-hydrogen) atoms. The molecule has 1 aromatic heterocycles. The first kappa shape index (κ1) is 13.0. The predicted molar refractivity (Wildman–Crippen MR) is 69.4 cm³/mol. The fourth-order valence-electron chi connectivity index (χ4n) is 2.30. The van der Waals surface area contributed by atoms with Gasteiger partial charge in [-0.25, -0.2) is 4.98 Å². The second kappa shape index (κ2) is 4.70. The van der Waals surface area contributed by atoms with E-state index in [0.717, 1.165) is 11.5 Å². The van der Waals surface area contributed by atoms with Crippen molar-refractivity contribution in [3.63, 3.8) is 0 Å². The van der Waals surface area contributed by atoms with Crippen LogP contribution in [-0.2, 0) is 4.74 Å². The molecule has 1 unspecified atom stereocenters. The van der Waals surface area contributed by atoms with E-state index in [4.69, 9.17) is 10.5 Å². The molecular weight excluding hydrogens is 232 g/mol. The third kappa shape index (κ3) is 2.88. The maximum Gasteiger partial charge on any atom is 0.222 e. The number of nitrogen functional groups attached to an aromatic ring is 1. The first-order chi connectivity index (χ1) is 8.39. The molecule has 0 aromatic carbocycles. The summed E-state index contributed by atoms with van der Waals surface area (Å²) < 4.78 is 5.77. The van der Waals surface area contributed by atoms with Crippen LogP contribution in [0.2, 0.25) is 0 Å². The van der Waals surface area contributed by atoms with E-state index in [0.29, 0.717) is 13.1 Å². The van der Waals surface area contributed by atoms with Crippen molar-refractivity contribution in [2.75, 3.05) is 30.3 Å². The zero-order chi connectivity index (χ0) is 13.3. The van der Waals surface area contributed by atoms with Crippen molar-refractivity contribution in [3.8, 4) is 0 Å². The van der Waals surface area contributed by atoms with Gasteiger partial charge < -0.3 is 20.5 Å². The van der Waals surface area contributed by atoms with E-state index in [-0.39, 0.29) is 24.3 Å². The van der Waals surface area contributed by atoms with Gasteiger partial charge in [-0.3, -0.25) is 0 Å². The largest absolute Gasteiger partial charge is 0.394 e. The van der Waals surface area contributed by atoms with Crippen molar-refractivity contribution in [1.29, 1.82) is 0 Å². The molecule has 0 bridgehead atoms. The van der Waals surface area contributed by atoms with Gasteiger partial charge in [0.1, 0.15) is 5.82 Å². The number of aryl methyl sites for hydroxylation is 1. The van der Waals surface area contributed by atoms with E-state index >= 15 is 0 Å². The van der Waals surface area contributed by atoms with Crippen molar-refractivity contribution < 1.29 is 9.84 Å². The summed E-state index contributed by atoms with van der Waals surface area (Å²) >= 11 is 0. The molecule has 6 nitrogen and oxygen atoms in total. The second-order valence-electron chi connectivity index (χ2n) is 5.29. The Kier molecular flexibility index (Phi) is 3.41. The molecule has 3 N–H and O–H groups in total. The Morgan fingerprint density at radius 1 is 1.56 bits per heavy atom. The zero-order valence-corrected chi connectivity index (χ0v) is 11.1. The minimum atomic E-state index is -0.320. The highest BCUT2D eigenvalue weighted by molar-refractivity contribution is 5.44. The molecule has 2 heterocycles. The lowest BCUT2D eigenvalue weighted by Gasteiger charge is -2.42. The summed E-state index contributed by atoms with van der Waals surface area (Å²) in [6, 6.07) is 1.90. The standard InChI is InChI=1S/C12H20N4O2/c1-8-4-10(15-11(13)14-8)16-5-9(6-17)18-12(2,3)7-16/h4,9,17H,5-7H2,1-3H3,(H2,13,14,15). The van der Waals surface area contributed by atoms with Gasteiger partial charge in [-0.2, -0.15) is 4.98 Å². The summed E-state index contributed by atoms with van der Waals surface area (Å²) in [6.07, 6.45) is -0.203. The normalized spacial score (nSPS) is 23.1. The van der Waals surface area contributed by atoms with Gasteiger partial charge in [0.25, 0.3) is 0 Å². The van der Waals surface area contributed by atoms with Gasteiger partial charge in [0.2, 0.25) is 5.95 Å². The zero-order valence-electron chi connectivity index (χ0n) is 11.1. The molecule has 1 fully saturated rings. The fourth-order valence-corrected chi connectivity index (χ4v) is 2.30. The molecule has 0 spiro atoms. The number of hydrogen-bond acceptors (Lipinski definition) is 6. The lowest BCUT2D eigenvalue weighted by Crippen LogP contribution is -2.54. The number of morpholine rings is 1. The molecule has 1 aliphatic heterocycles. The molecule has 0 aliphatic carbocycles. The molecule has 1 atom stereocenters. The van der Waals surface area contributed by atoms with Crippen LogP contribution in [-0.4, -0.2) is 46.5 Å². The number of aliphatic hydroxyl groups excluding tert-OH is 1. The van der Waals surface area contributed by atoms with Gasteiger partial charge in [0, 0.05) is 24.8 Å². The Balaban J connectivity index is 2.26. The van der Waals surface area contributed by atoms with E-state index in [1.807, 2.05) is 26.8 Å². The van der Waals surface area contributed by atoms with Crippen LogP contribution in [0, 0.1) is 6.92 Å². The number of aromatic nitrogens is 2. The third-order valence-corrected chi connectivity index (χ3v) is 2.87. The van der Waals surface area contributed by atoms with Gasteiger partial charge >= 0.3 is 0 Å². The average Bonchev–Trinajstić information content (AvgIpc) is 2.25. The topological polar surface area (TPSA) is 84.5 Å². The molecule has 1 aromatic rings. The minimum absolute atomic E-state index is 0.000518. The lowest BCUT2D eigenvalue weighted by atomic mass is 10.1. The summed E-state index contributed by atoms with van der Waals surface area (Å²) in [5.74, 6) is 1.06. The highest BCUT2D eigenvalue weighted by Crippen LogP contribution is 2.25. The smallest absolute Gasteiger partial charge is 0.222 e. The molecule has 0 amide bonds. The highest BCUT2D eigenvalue weighted by atomic mass is 16.5. The third-order valence-electron chi connectivity index (χ3n) is 2.87. The number of nitrogens with zero attached hydrogens (tertiary/aromatic N) is 3. The van der Waals surface area contributed by atoms with Crippen LogP contribution in [0.4, 0.5) is 11.8 Å². The van der Waals surface area contributed by atoms with Gasteiger partial charge in [-0.15, -0.1) is 0 Å². The number of rotatable bonds is 2. The van der Waals surface area contributed by atoms with Crippen LogP contribution < -0.4 is 10.6 Å². The Labute approximate surface area is 107 Å². The molecule has 1 saturated heterocycles. The van der Waals surface area contributed by atoms with E-state index in [2.05, 4.69) is 14.9 Å². The van der Waals surface area contributed by atoms with Crippen LogP contribution in [0.15, 0.2) is 6.07 Å². The van der Waals surface area contributed by atoms with Crippen molar-refractivity contribution >= 4 is 11.8 Å². The van der Waals surface area contributed by atoms with Crippen molar-refractivity contribution in [2.24, 2.45) is 0 Å². The quantitative estimate of drug-likeness (QED) is 0.789. The Morgan fingerprint density at radius 3 is 2.89 bits per heavy atom. The van der Waals surface area contributed by atoms with E-state index in [9.17, 15) is 5.11 Å². The predicted octanol–water partition coefficient (Wildman–Crippen LogP) is 0.343. The summed E-state index contributed by atoms with van der Waals surface area (Å²) in [6.45, 7) is 7.20.